The second-order valence-electron chi connectivity index (χ2n) is 7.61. The van der Waals surface area contributed by atoms with Crippen LogP contribution in [0.4, 0.5) is 0 Å². The van der Waals surface area contributed by atoms with Crippen LogP contribution in [0.5, 0.6) is 0 Å². The molecule has 118 valence electrons. The summed E-state index contributed by atoms with van der Waals surface area (Å²) in [7, 11) is 0. The molecule has 0 heterocycles. The van der Waals surface area contributed by atoms with Crippen LogP contribution in [-0.2, 0) is 0 Å². The Bertz CT molecular complexity index is 234. The fraction of sp³-hybridized carbons (Fsp3) is 1.00. The van der Waals surface area contributed by atoms with Gasteiger partial charge in [0.2, 0.25) is 0 Å². The molecule has 1 nitrogen and oxygen atoms in total. The summed E-state index contributed by atoms with van der Waals surface area (Å²) in [5, 5.41) is 3.97. The quantitative estimate of drug-likeness (QED) is 0.696. The average Bonchev–Trinajstić information content (AvgIpc) is 2.42. The highest BCUT2D eigenvalue weighted by atomic mass is 14.9. The summed E-state index contributed by atoms with van der Waals surface area (Å²) in [6.07, 6.45) is 17.6. The van der Waals surface area contributed by atoms with E-state index < -0.39 is 0 Å². The topological polar surface area (TPSA) is 12.0 Å². The first-order valence-corrected chi connectivity index (χ1v) is 9.54. The van der Waals surface area contributed by atoms with Gasteiger partial charge in [0.15, 0.2) is 0 Å². The van der Waals surface area contributed by atoms with Gasteiger partial charge < -0.3 is 5.32 Å². The van der Waals surface area contributed by atoms with Gasteiger partial charge in [-0.15, -0.1) is 0 Å². The molecule has 0 aromatic rings. The second kappa shape index (κ2) is 9.07. The highest BCUT2D eigenvalue weighted by Gasteiger charge is 2.31. The van der Waals surface area contributed by atoms with Crippen molar-refractivity contribution in [1.29, 1.82) is 0 Å². The van der Waals surface area contributed by atoms with Crippen LogP contribution < -0.4 is 5.32 Å². The van der Waals surface area contributed by atoms with Crippen LogP contribution in [0.2, 0.25) is 0 Å². The molecule has 2 fully saturated rings. The van der Waals surface area contributed by atoms with Gasteiger partial charge in [-0.1, -0.05) is 58.8 Å². The minimum atomic E-state index is 0.834. The van der Waals surface area contributed by atoms with E-state index in [1.807, 2.05) is 0 Å². The highest BCUT2D eigenvalue weighted by molar-refractivity contribution is 4.86. The third kappa shape index (κ3) is 5.06. The van der Waals surface area contributed by atoms with Crippen LogP contribution in [0.15, 0.2) is 0 Å². The minimum absolute atomic E-state index is 0.834. The molecular formula is C19H37N. The lowest BCUT2D eigenvalue weighted by atomic mass is 9.72. The van der Waals surface area contributed by atoms with Crippen LogP contribution in [0.1, 0.15) is 90.9 Å². The van der Waals surface area contributed by atoms with Crippen LogP contribution in [-0.4, -0.2) is 12.6 Å². The average molecular weight is 280 g/mol. The summed E-state index contributed by atoms with van der Waals surface area (Å²) in [6.45, 7) is 5.98. The standard InChI is InChI=1S/C19H37N/c1-3-15-20-19(18-13-11-16(2)12-14-18)17-9-7-5-4-6-8-10-17/h16-20H,3-15H2,1-2H3. The second-order valence-corrected chi connectivity index (χ2v) is 7.61. The molecule has 0 aliphatic heterocycles. The van der Waals surface area contributed by atoms with Gasteiger partial charge in [-0.3, -0.25) is 0 Å². The molecule has 0 bridgehead atoms. The Kier molecular flexibility index (Phi) is 7.41. The lowest BCUT2D eigenvalue weighted by molar-refractivity contribution is 0.163. The van der Waals surface area contributed by atoms with Crippen molar-refractivity contribution in [1.82, 2.24) is 5.32 Å². The molecule has 0 amide bonds. The predicted molar refractivity (Wildman–Crippen MR) is 89.0 cm³/mol. The van der Waals surface area contributed by atoms with Crippen molar-refractivity contribution in [3.05, 3.63) is 0 Å². The highest BCUT2D eigenvalue weighted by Crippen LogP contribution is 2.36. The van der Waals surface area contributed by atoms with E-state index in [4.69, 9.17) is 0 Å². The van der Waals surface area contributed by atoms with Crippen molar-refractivity contribution in [2.24, 2.45) is 17.8 Å². The van der Waals surface area contributed by atoms with E-state index in [1.54, 1.807) is 0 Å². The molecule has 1 atom stereocenters. The molecule has 1 heteroatoms. The molecule has 2 aliphatic carbocycles. The van der Waals surface area contributed by atoms with E-state index in [9.17, 15) is 0 Å². The summed E-state index contributed by atoms with van der Waals surface area (Å²) in [6, 6.07) is 0.834. The molecule has 0 aromatic carbocycles. The monoisotopic (exact) mass is 279 g/mol. The number of hydrogen-bond acceptors (Lipinski definition) is 1. The van der Waals surface area contributed by atoms with Gasteiger partial charge in [0.1, 0.15) is 0 Å². The van der Waals surface area contributed by atoms with Crippen molar-refractivity contribution >= 4 is 0 Å². The zero-order valence-electron chi connectivity index (χ0n) is 14.0. The maximum atomic E-state index is 3.97. The summed E-state index contributed by atoms with van der Waals surface area (Å²) in [5.41, 5.74) is 0. The Morgan fingerprint density at radius 3 is 1.95 bits per heavy atom. The van der Waals surface area contributed by atoms with Gasteiger partial charge in [0.25, 0.3) is 0 Å². The Morgan fingerprint density at radius 1 is 0.800 bits per heavy atom. The molecule has 20 heavy (non-hydrogen) atoms. The number of rotatable bonds is 5. The van der Waals surface area contributed by atoms with E-state index in [1.165, 1.54) is 83.6 Å². The maximum absolute atomic E-state index is 3.97. The molecule has 2 aliphatic rings. The Labute approximate surface area is 127 Å². The van der Waals surface area contributed by atoms with Crippen LogP contribution in [0, 0.1) is 17.8 Å². The maximum Gasteiger partial charge on any atom is 0.0124 e. The third-order valence-corrected chi connectivity index (χ3v) is 5.86. The summed E-state index contributed by atoms with van der Waals surface area (Å²) in [4.78, 5) is 0. The fourth-order valence-corrected chi connectivity index (χ4v) is 4.52. The van der Waals surface area contributed by atoms with Gasteiger partial charge in [-0.25, -0.2) is 0 Å². The van der Waals surface area contributed by atoms with Crippen LogP contribution >= 0.6 is 0 Å². The zero-order chi connectivity index (χ0) is 14.2. The van der Waals surface area contributed by atoms with Crippen molar-refractivity contribution < 1.29 is 0 Å². The van der Waals surface area contributed by atoms with E-state index in [0.717, 1.165) is 23.8 Å². The van der Waals surface area contributed by atoms with Gasteiger partial charge in [0.05, 0.1) is 0 Å². The predicted octanol–water partition coefficient (Wildman–Crippen LogP) is 5.54. The normalized spacial score (nSPS) is 31.5. The molecule has 0 saturated heterocycles. The fourth-order valence-electron chi connectivity index (χ4n) is 4.52. The van der Waals surface area contributed by atoms with Gasteiger partial charge in [0, 0.05) is 6.04 Å². The molecule has 2 rings (SSSR count). The lowest BCUT2D eigenvalue weighted by Gasteiger charge is -2.39. The Hall–Kier alpha value is -0.0400. The van der Waals surface area contributed by atoms with Crippen molar-refractivity contribution in [2.75, 3.05) is 6.54 Å². The largest absolute Gasteiger partial charge is 0.313 e. The lowest BCUT2D eigenvalue weighted by Crippen LogP contribution is -2.44. The molecular weight excluding hydrogens is 242 g/mol. The van der Waals surface area contributed by atoms with Crippen molar-refractivity contribution in [3.63, 3.8) is 0 Å². The van der Waals surface area contributed by atoms with E-state index in [2.05, 4.69) is 19.2 Å². The summed E-state index contributed by atoms with van der Waals surface area (Å²) >= 11 is 0. The molecule has 0 spiro atoms. The first-order chi connectivity index (χ1) is 9.81. The first-order valence-electron chi connectivity index (χ1n) is 9.54. The van der Waals surface area contributed by atoms with Crippen LogP contribution in [0.25, 0.3) is 0 Å². The van der Waals surface area contributed by atoms with Gasteiger partial charge in [-0.2, -0.15) is 0 Å². The number of nitrogens with one attached hydrogen (secondary N) is 1. The van der Waals surface area contributed by atoms with E-state index >= 15 is 0 Å². The van der Waals surface area contributed by atoms with Gasteiger partial charge >= 0.3 is 0 Å². The third-order valence-electron chi connectivity index (χ3n) is 5.86. The summed E-state index contributed by atoms with van der Waals surface area (Å²) in [5.74, 6) is 2.93. The SMILES string of the molecule is CCCNC(C1CCCCCCC1)C1CCC(C)CC1. The number of hydrogen-bond donors (Lipinski definition) is 1. The van der Waals surface area contributed by atoms with E-state index in [0.29, 0.717) is 0 Å². The zero-order valence-corrected chi connectivity index (χ0v) is 14.0. The molecule has 2 saturated carbocycles. The molecule has 1 unspecified atom stereocenters. The van der Waals surface area contributed by atoms with E-state index in [-0.39, 0.29) is 0 Å². The minimum Gasteiger partial charge on any atom is -0.313 e. The van der Waals surface area contributed by atoms with Crippen molar-refractivity contribution in [3.8, 4) is 0 Å². The molecule has 1 N–H and O–H groups in total. The van der Waals surface area contributed by atoms with Gasteiger partial charge in [-0.05, 0) is 56.4 Å². The molecule has 0 radical (unpaired) electrons. The molecule has 0 aromatic heterocycles. The first kappa shape index (κ1) is 16.3. The van der Waals surface area contributed by atoms with Crippen LogP contribution in [0.3, 0.4) is 0 Å². The summed E-state index contributed by atoms with van der Waals surface area (Å²) < 4.78 is 0. The smallest absolute Gasteiger partial charge is 0.0124 e. The Balaban J connectivity index is 1.93. The van der Waals surface area contributed by atoms with Crippen molar-refractivity contribution in [2.45, 2.75) is 96.9 Å². The Morgan fingerprint density at radius 2 is 1.35 bits per heavy atom.